The lowest BCUT2D eigenvalue weighted by molar-refractivity contribution is -0.137. The van der Waals surface area contributed by atoms with Crippen LogP contribution in [0.5, 0.6) is 11.5 Å². The summed E-state index contributed by atoms with van der Waals surface area (Å²) in [6.45, 7) is 1.53. The third-order valence-corrected chi connectivity index (χ3v) is 5.35. The molecule has 2 aromatic rings. The predicted octanol–water partition coefficient (Wildman–Crippen LogP) is 4.49. The van der Waals surface area contributed by atoms with Crippen molar-refractivity contribution in [2.45, 2.75) is 18.0 Å². The van der Waals surface area contributed by atoms with Crippen LogP contribution in [-0.2, 0) is 16.2 Å². The molecule has 0 amide bonds. The molecule has 0 aliphatic heterocycles. The zero-order chi connectivity index (χ0) is 19.7. The Balaban J connectivity index is 2.47. The van der Waals surface area contributed by atoms with Crippen LogP contribution in [0.25, 0.3) is 0 Å². The average molecular weight is 410 g/mol. The van der Waals surface area contributed by atoms with Gasteiger partial charge in [-0.1, -0.05) is 11.6 Å². The fourth-order valence-electron chi connectivity index (χ4n) is 2.27. The molecule has 10 heteroatoms. The van der Waals surface area contributed by atoms with E-state index in [1.165, 1.54) is 33.3 Å². The zero-order valence-electron chi connectivity index (χ0n) is 13.9. The number of aryl methyl sites for hydroxylation is 1. The highest BCUT2D eigenvalue weighted by molar-refractivity contribution is 7.92. The lowest BCUT2D eigenvalue weighted by atomic mass is 10.2. The maximum absolute atomic E-state index is 12.9. The number of ether oxygens (including phenoxy) is 2. The van der Waals surface area contributed by atoms with Gasteiger partial charge in [-0.25, -0.2) is 8.42 Å². The molecule has 142 valence electrons. The normalized spacial score (nSPS) is 12.0. The first-order valence-corrected chi connectivity index (χ1v) is 8.98. The van der Waals surface area contributed by atoms with Gasteiger partial charge in [0, 0.05) is 11.8 Å². The van der Waals surface area contributed by atoms with E-state index in [4.69, 9.17) is 21.1 Å². The number of hydrogen-bond donors (Lipinski definition) is 1. The van der Waals surface area contributed by atoms with Gasteiger partial charge in [-0.2, -0.15) is 13.2 Å². The molecule has 2 aromatic carbocycles. The number of anilines is 1. The van der Waals surface area contributed by atoms with Crippen LogP contribution in [0.2, 0.25) is 5.02 Å². The van der Waals surface area contributed by atoms with Crippen molar-refractivity contribution in [2.75, 3.05) is 18.9 Å². The van der Waals surface area contributed by atoms with E-state index in [-0.39, 0.29) is 16.3 Å². The minimum Gasteiger partial charge on any atom is -0.493 e. The first-order chi connectivity index (χ1) is 12.0. The second-order valence-electron chi connectivity index (χ2n) is 5.27. The molecule has 1 N–H and O–H groups in total. The van der Waals surface area contributed by atoms with Gasteiger partial charge < -0.3 is 9.47 Å². The Kier molecular flexibility index (Phi) is 5.62. The van der Waals surface area contributed by atoms with Gasteiger partial charge >= 0.3 is 6.18 Å². The van der Waals surface area contributed by atoms with Crippen molar-refractivity contribution in [2.24, 2.45) is 0 Å². The molecule has 0 aliphatic rings. The smallest absolute Gasteiger partial charge is 0.417 e. The van der Waals surface area contributed by atoms with E-state index in [0.717, 1.165) is 12.1 Å². The summed E-state index contributed by atoms with van der Waals surface area (Å²) in [5.41, 5.74) is -1.07. The van der Waals surface area contributed by atoms with Crippen molar-refractivity contribution >= 4 is 27.3 Å². The topological polar surface area (TPSA) is 64.6 Å². The zero-order valence-corrected chi connectivity index (χ0v) is 15.5. The van der Waals surface area contributed by atoms with E-state index in [2.05, 4.69) is 4.72 Å². The van der Waals surface area contributed by atoms with E-state index >= 15 is 0 Å². The van der Waals surface area contributed by atoms with Crippen molar-refractivity contribution in [3.05, 3.63) is 46.5 Å². The van der Waals surface area contributed by atoms with E-state index in [1.54, 1.807) is 0 Å². The summed E-state index contributed by atoms with van der Waals surface area (Å²) in [5, 5.41) is -0.525. The van der Waals surface area contributed by atoms with Gasteiger partial charge in [0.25, 0.3) is 10.0 Å². The molecule has 2 rings (SSSR count). The molecule has 0 saturated heterocycles. The summed E-state index contributed by atoms with van der Waals surface area (Å²) in [7, 11) is -1.43. The number of hydrogen-bond acceptors (Lipinski definition) is 4. The van der Waals surface area contributed by atoms with Crippen molar-refractivity contribution in [3.8, 4) is 11.5 Å². The Labute approximate surface area is 153 Å². The summed E-state index contributed by atoms with van der Waals surface area (Å²) < 4.78 is 76.3. The SMILES string of the molecule is COc1cc(C)c(S(=O)(=O)Nc2ccc(Cl)c(C(F)(F)F)c2)cc1OC. The molecule has 0 aromatic heterocycles. The van der Waals surface area contributed by atoms with Crippen LogP contribution in [0, 0.1) is 6.92 Å². The maximum Gasteiger partial charge on any atom is 0.417 e. The van der Waals surface area contributed by atoms with Gasteiger partial charge in [-0.05, 0) is 36.8 Å². The van der Waals surface area contributed by atoms with Crippen molar-refractivity contribution < 1.29 is 31.1 Å². The fourth-order valence-corrected chi connectivity index (χ4v) is 3.78. The highest BCUT2D eigenvalue weighted by Crippen LogP contribution is 2.37. The molecular weight excluding hydrogens is 395 g/mol. The van der Waals surface area contributed by atoms with Crippen LogP contribution in [0.3, 0.4) is 0 Å². The highest BCUT2D eigenvalue weighted by Gasteiger charge is 2.33. The number of halogens is 4. The Morgan fingerprint density at radius 2 is 1.62 bits per heavy atom. The fraction of sp³-hybridized carbons (Fsp3) is 0.250. The third-order valence-electron chi connectivity index (χ3n) is 3.49. The van der Waals surface area contributed by atoms with Crippen LogP contribution in [-0.4, -0.2) is 22.6 Å². The Bertz CT molecular complexity index is 930. The molecular formula is C16H15ClF3NO4S. The van der Waals surface area contributed by atoms with Crippen LogP contribution in [0.4, 0.5) is 18.9 Å². The Morgan fingerprint density at radius 3 is 2.15 bits per heavy atom. The quantitative estimate of drug-likeness (QED) is 0.790. The number of sulfonamides is 1. The summed E-state index contributed by atoms with van der Waals surface area (Å²) in [5.74, 6) is 0.500. The van der Waals surface area contributed by atoms with Gasteiger partial charge in [0.1, 0.15) is 0 Å². The van der Waals surface area contributed by atoms with Gasteiger partial charge in [-0.3, -0.25) is 4.72 Å². The minimum absolute atomic E-state index is 0.154. The van der Waals surface area contributed by atoms with Crippen LogP contribution >= 0.6 is 11.6 Å². The Morgan fingerprint density at radius 1 is 1.04 bits per heavy atom. The van der Waals surface area contributed by atoms with Gasteiger partial charge in [0.15, 0.2) is 11.5 Å². The third kappa shape index (κ3) is 4.16. The maximum atomic E-state index is 12.9. The molecule has 0 bridgehead atoms. The predicted molar refractivity (Wildman–Crippen MR) is 91.5 cm³/mol. The second kappa shape index (κ2) is 7.24. The summed E-state index contributed by atoms with van der Waals surface area (Å²) in [4.78, 5) is -0.154. The molecule has 0 saturated carbocycles. The minimum atomic E-state index is -4.71. The Hall–Kier alpha value is -2.13. The van der Waals surface area contributed by atoms with Crippen molar-refractivity contribution in [3.63, 3.8) is 0 Å². The lowest BCUT2D eigenvalue weighted by Gasteiger charge is -2.15. The highest BCUT2D eigenvalue weighted by atomic mass is 35.5. The molecule has 0 heterocycles. The molecule has 0 atom stereocenters. The van der Waals surface area contributed by atoms with Crippen molar-refractivity contribution in [1.29, 1.82) is 0 Å². The van der Waals surface area contributed by atoms with E-state index < -0.39 is 26.8 Å². The molecule has 0 fully saturated rings. The number of alkyl halides is 3. The molecule has 0 spiro atoms. The van der Waals surface area contributed by atoms with Crippen LogP contribution in [0.1, 0.15) is 11.1 Å². The van der Waals surface area contributed by atoms with Gasteiger partial charge in [-0.15, -0.1) is 0 Å². The monoisotopic (exact) mass is 409 g/mol. The number of benzene rings is 2. The van der Waals surface area contributed by atoms with Gasteiger partial charge in [0.2, 0.25) is 0 Å². The van der Waals surface area contributed by atoms with Gasteiger partial charge in [0.05, 0.1) is 29.7 Å². The van der Waals surface area contributed by atoms with E-state index in [0.29, 0.717) is 17.4 Å². The first-order valence-electron chi connectivity index (χ1n) is 7.11. The lowest BCUT2D eigenvalue weighted by Crippen LogP contribution is -2.15. The largest absolute Gasteiger partial charge is 0.493 e. The molecule has 0 unspecified atom stereocenters. The molecule has 5 nitrogen and oxygen atoms in total. The van der Waals surface area contributed by atoms with Crippen LogP contribution < -0.4 is 14.2 Å². The second-order valence-corrected chi connectivity index (χ2v) is 7.33. The standard InChI is InChI=1S/C16H15ClF3NO4S/c1-9-6-13(24-2)14(25-3)8-15(9)26(22,23)21-10-4-5-12(17)11(7-10)16(18,19)20/h4-8,21H,1-3H3. The molecule has 0 aliphatic carbocycles. The van der Waals surface area contributed by atoms with Crippen molar-refractivity contribution in [1.82, 2.24) is 0 Å². The summed E-state index contributed by atoms with van der Waals surface area (Å²) >= 11 is 5.54. The average Bonchev–Trinajstić information content (AvgIpc) is 2.54. The van der Waals surface area contributed by atoms with E-state index in [1.807, 2.05) is 0 Å². The molecule has 0 radical (unpaired) electrons. The number of nitrogens with one attached hydrogen (secondary N) is 1. The van der Waals surface area contributed by atoms with E-state index in [9.17, 15) is 21.6 Å². The summed E-state index contributed by atoms with van der Waals surface area (Å²) in [6.07, 6.45) is -4.71. The number of rotatable bonds is 5. The van der Waals surface area contributed by atoms with Crippen LogP contribution in [0.15, 0.2) is 35.2 Å². The summed E-state index contributed by atoms with van der Waals surface area (Å²) in [6, 6.07) is 5.44. The first kappa shape index (κ1) is 20.2. The molecule has 26 heavy (non-hydrogen) atoms. The number of methoxy groups -OCH3 is 2.